The second-order valence-electron chi connectivity index (χ2n) is 5.78. The second kappa shape index (κ2) is 9.68. The van der Waals surface area contributed by atoms with Crippen LogP contribution in [0.5, 0.6) is 0 Å². The fraction of sp³-hybridized carbons (Fsp3) is 0. The molecule has 1 heterocycles. The summed E-state index contributed by atoms with van der Waals surface area (Å²) in [5.74, 6) is -1.34. The number of hydrogen-bond acceptors (Lipinski definition) is 2. The van der Waals surface area contributed by atoms with Crippen LogP contribution in [0.15, 0.2) is 12.3 Å². The zero-order valence-corrected chi connectivity index (χ0v) is 21.8. The average Bonchev–Trinajstić information content (AvgIpc) is 2.74. The Kier molecular flexibility index (Phi) is 7.98. The van der Waals surface area contributed by atoms with Crippen molar-refractivity contribution in [2.75, 3.05) is 0 Å². The molecule has 1 N–H and O–H groups in total. The summed E-state index contributed by atoms with van der Waals surface area (Å²) in [5, 5.41) is 8.48. The minimum absolute atomic E-state index is 0.00448. The highest BCUT2D eigenvalue weighted by molar-refractivity contribution is 6.58. The van der Waals surface area contributed by atoms with E-state index in [9.17, 15) is 9.90 Å². The van der Waals surface area contributed by atoms with Gasteiger partial charge in [0.2, 0.25) is 0 Å². The predicted molar refractivity (Wildman–Crippen MR) is 132 cm³/mol. The van der Waals surface area contributed by atoms with E-state index in [-0.39, 0.29) is 78.2 Å². The first kappa shape index (κ1) is 25.6. The van der Waals surface area contributed by atoms with Crippen molar-refractivity contribution in [3.8, 4) is 22.4 Å². The summed E-state index contributed by atoms with van der Waals surface area (Å²) in [7, 11) is 0. The number of nitrogens with zero attached hydrogens (tertiary/aromatic N) is 1. The number of benzene rings is 2. The van der Waals surface area contributed by atoms with Gasteiger partial charge in [0, 0.05) is 22.9 Å². The van der Waals surface area contributed by atoms with Gasteiger partial charge in [0.15, 0.2) is 0 Å². The third-order valence-electron chi connectivity index (χ3n) is 4.09. The SMILES string of the molecule is O=C(O)c1ccnc(-c2c(Cl)c(Cl)c(Cl)c(Cl)c2Cl)c1-c1c(Cl)c(Cl)c(Cl)c(Cl)c1Cl. The molecule has 31 heavy (non-hydrogen) atoms. The highest BCUT2D eigenvalue weighted by Gasteiger charge is 2.30. The summed E-state index contributed by atoms with van der Waals surface area (Å²) in [5.41, 5.74) is -0.484. The number of carbonyl (C=O) groups is 1. The lowest BCUT2D eigenvalue weighted by molar-refractivity contribution is 0.0697. The molecule has 13 heteroatoms. The van der Waals surface area contributed by atoms with Crippen molar-refractivity contribution < 1.29 is 9.90 Å². The Morgan fingerprint density at radius 1 is 0.581 bits per heavy atom. The van der Waals surface area contributed by atoms with E-state index >= 15 is 0 Å². The summed E-state index contributed by atoms with van der Waals surface area (Å²) in [6.45, 7) is 0. The van der Waals surface area contributed by atoms with Crippen LogP contribution in [0.3, 0.4) is 0 Å². The Bertz CT molecular complexity index is 1220. The van der Waals surface area contributed by atoms with Crippen LogP contribution in [0, 0.1) is 0 Å². The molecule has 162 valence electrons. The van der Waals surface area contributed by atoms with Gasteiger partial charge in [-0.15, -0.1) is 0 Å². The molecule has 0 fully saturated rings. The number of carboxylic acids is 1. The van der Waals surface area contributed by atoms with Gasteiger partial charge < -0.3 is 5.11 Å². The molecule has 0 unspecified atom stereocenters. The van der Waals surface area contributed by atoms with Gasteiger partial charge in [0.1, 0.15) is 0 Å². The van der Waals surface area contributed by atoms with Crippen LogP contribution < -0.4 is 0 Å². The van der Waals surface area contributed by atoms with Gasteiger partial charge in [0.05, 0.1) is 61.5 Å². The van der Waals surface area contributed by atoms with E-state index in [0.29, 0.717) is 0 Å². The minimum atomic E-state index is -1.34. The Morgan fingerprint density at radius 3 is 1.32 bits per heavy atom. The summed E-state index contributed by atoms with van der Waals surface area (Å²) in [4.78, 5) is 16.3. The highest BCUT2D eigenvalue weighted by atomic mass is 35.5. The van der Waals surface area contributed by atoms with Gasteiger partial charge in [-0.2, -0.15) is 0 Å². The van der Waals surface area contributed by atoms with E-state index in [4.69, 9.17) is 116 Å². The van der Waals surface area contributed by atoms with Crippen LogP contribution in [0.2, 0.25) is 50.2 Å². The summed E-state index contributed by atoms with van der Waals surface area (Å²) >= 11 is 62.4. The maximum Gasteiger partial charge on any atom is 0.336 e. The fourth-order valence-corrected chi connectivity index (χ4v) is 5.36. The normalized spacial score (nSPS) is 11.2. The van der Waals surface area contributed by atoms with Crippen LogP contribution in [-0.2, 0) is 0 Å². The van der Waals surface area contributed by atoms with Crippen LogP contribution in [0.25, 0.3) is 22.4 Å². The van der Waals surface area contributed by atoms with E-state index in [1.165, 1.54) is 12.3 Å². The number of hydrogen-bond donors (Lipinski definition) is 1. The highest BCUT2D eigenvalue weighted by Crippen LogP contribution is 2.54. The van der Waals surface area contributed by atoms with Crippen molar-refractivity contribution in [2.24, 2.45) is 0 Å². The third-order valence-corrected chi connectivity index (χ3v) is 8.64. The molecule has 0 atom stereocenters. The van der Waals surface area contributed by atoms with Crippen molar-refractivity contribution in [1.29, 1.82) is 0 Å². The van der Waals surface area contributed by atoms with Gasteiger partial charge in [-0.1, -0.05) is 116 Å². The van der Waals surface area contributed by atoms with Gasteiger partial charge >= 0.3 is 5.97 Å². The molecule has 0 radical (unpaired) electrons. The maximum absolute atomic E-state index is 12.1. The molecule has 0 saturated heterocycles. The first-order valence-electron chi connectivity index (χ1n) is 7.67. The monoisotopic (exact) mass is 615 g/mol. The Labute approximate surface area is 225 Å². The smallest absolute Gasteiger partial charge is 0.336 e. The third kappa shape index (κ3) is 4.28. The number of carboxylic acid groups (broad SMARTS) is 1. The van der Waals surface area contributed by atoms with Gasteiger partial charge in [-0.05, 0) is 6.07 Å². The minimum Gasteiger partial charge on any atom is -0.478 e. The molecular formula is C18H3Cl10NO2. The fourth-order valence-electron chi connectivity index (χ4n) is 2.72. The molecule has 1 aromatic heterocycles. The van der Waals surface area contributed by atoms with Crippen molar-refractivity contribution >= 4 is 122 Å². The van der Waals surface area contributed by atoms with Crippen LogP contribution in [0.4, 0.5) is 0 Å². The van der Waals surface area contributed by atoms with E-state index in [1.54, 1.807) is 0 Å². The Morgan fingerprint density at radius 2 is 0.935 bits per heavy atom. The molecule has 0 saturated carbocycles. The maximum atomic E-state index is 12.1. The molecule has 3 rings (SSSR count). The van der Waals surface area contributed by atoms with Crippen molar-refractivity contribution in [3.63, 3.8) is 0 Å². The summed E-state index contributed by atoms with van der Waals surface area (Å²) in [6, 6.07) is 1.21. The average molecular weight is 620 g/mol. The van der Waals surface area contributed by atoms with E-state index in [0.717, 1.165) is 0 Å². The molecule has 0 aliphatic rings. The molecule has 3 aromatic rings. The standard InChI is InChI=1S/C18H3Cl10NO2/c19-7-5(8(20)12(24)15(27)11(7)23)4-3(18(30)31)1-2-29-17(4)6-9(21)13(25)16(28)14(26)10(6)22/h1-2H,(H,30,31). The molecule has 0 bridgehead atoms. The summed E-state index contributed by atoms with van der Waals surface area (Å²) < 4.78 is 0. The van der Waals surface area contributed by atoms with E-state index in [1.807, 2.05) is 0 Å². The first-order chi connectivity index (χ1) is 14.4. The van der Waals surface area contributed by atoms with E-state index in [2.05, 4.69) is 4.98 Å². The molecule has 2 aromatic carbocycles. The Balaban J connectivity index is 2.60. The lowest BCUT2D eigenvalue weighted by atomic mass is 9.94. The predicted octanol–water partition coefficient (Wildman–Crippen LogP) is 10.6. The second-order valence-corrected chi connectivity index (χ2v) is 9.56. The van der Waals surface area contributed by atoms with Crippen LogP contribution in [-0.4, -0.2) is 16.1 Å². The quantitative estimate of drug-likeness (QED) is 0.234. The first-order valence-corrected chi connectivity index (χ1v) is 11.5. The van der Waals surface area contributed by atoms with Gasteiger partial charge in [-0.25, -0.2) is 4.79 Å². The number of pyridine rings is 1. The largest absolute Gasteiger partial charge is 0.478 e. The molecule has 3 nitrogen and oxygen atoms in total. The lowest BCUT2D eigenvalue weighted by Crippen LogP contribution is -2.05. The topological polar surface area (TPSA) is 50.2 Å². The number of rotatable bonds is 3. The lowest BCUT2D eigenvalue weighted by Gasteiger charge is -2.19. The van der Waals surface area contributed by atoms with Crippen molar-refractivity contribution in [1.82, 2.24) is 4.98 Å². The van der Waals surface area contributed by atoms with E-state index < -0.39 is 5.97 Å². The molecule has 0 spiro atoms. The molecular weight excluding hydrogens is 617 g/mol. The van der Waals surface area contributed by atoms with Crippen molar-refractivity contribution in [3.05, 3.63) is 68.1 Å². The molecule has 0 aliphatic heterocycles. The van der Waals surface area contributed by atoms with Crippen molar-refractivity contribution in [2.45, 2.75) is 0 Å². The zero-order chi connectivity index (χ0) is 23.4. The van der Waals surface area contributed by atoms with Gasteiger partial charge in [-0.3, -0.25) is 4.98 Å². The molecule has 0 aliphatic carbocycles. The number of aromatic carboxylic acids is 1. The van der Waals surface area contributed by atoms with Gasteiger partial charge in [0.25, 0.3) is 0 Å². The molecule has 0 amide bonds. The van der Waals surface area contributed by atoms with Crippen LogP contribution >= 0.6 is 116 Å². The number of halogens is 10. The van der Waals surface area contributed by atoms with Crippen LogP contribution in [0.1, 0.15) is 10.4 Å². The Hall–Kier alpha value is -0.0400. The number of aromatic nitrogens is 1. The summed E-state index contributed by atoms with van der Waals surface area (Å²) in [6.07, 6.45) is 1.21. The zero-order valence-electron chi connectivity index (χ0n) is 14.2.